The molecule has 0 saturated carbocycles. The standard InChI is InChI=1S/C28H41N5O3S/c29-13-2-1-5-22-6-4-9-26(19-22)37(35,36)20-25(18-23-7-3-8-24(17-23)27(31)32)28(34)33-15-11-21(10-14-30)12-16-33/h3-4,6-9,17,19,21,25H,1-2,5,10-16,18,20,29-30H2,(H3,31,32)/t25-/m1/s1. The lowest BCUT2D eigenvalue weighted by molar-refractivity contribution is -0.136. The normalized spacial score (nSPS) is 15.5. The third-order valence-electron chi connectivity index (χ3n) is 7.17. The summed E-state index contributed by atoms with van der Waals surface area (Å²) >= 11 is 0. The highest BCUT2D eigenvalue weighted by atomic mass is 32.2. The molecule has 1 fully saturated rings. The molecule has 1 heterocycles. The molecule has 0 aromatic heterocycles. The molecule has 0 spiro atoms. The van der Waals surface area contributed by atoms with Crippen molar-refractivity contribution in [1.82, 2.24) is 4.90 Å². The highest BCUT2D eigenvalue weighted by Gasteiger charge is 2.32. The molecule has 1 aliphatic heterocycles. The second kappa shape index (κ2) is 13.7. The van der Waals surface area contributed by atoms with Crippen LogP contribution in [0.1, 0.15) is 48.8 Å². The fraction of sp³-hybridized carbons (Fsp3) is 0.500. The number of rotatable bonds is 13. The molecule has 1 amide bonds. The van der Waals surface area contributed by atoms with Crippen LogP contribution in [0.5, 0.6) is 0 Å². The summed E-state index contributed by atoms with van der Waals surface area (Å²) in [5, 5.41) is 7.74. The molecular weight excluding hydrogens is 486 g/mol. The Labute approximate surface area is 221 Å². The topological polar surface area (TPSA) is 156 Å². The Kier molecular flexibility index (Phi) is 10.7. The van der Waals surface area contributed by atoms with E-state index in [4.69, 9.17) is 22.6 Å². The summed E-state index contributed by atoms with van der Waals surface area (Å²) in [6.07, 6.45) is 5.51. The molecule has 1 atom stereocenters. The molecule has 1 saturated heterocycles. The first-order chi connectivity index (χ1) is 17.7. The maximum Gasteiger partial charge on any atom is 0.227 e. The van der Waals surface area contributed by atoms with Gasteiger partial charge < -0.3 is 22.1 Å². The van der Waals surface area contributed by atoms with E-state index in [1.54, 1.807) is 36.4 Å². The molecule has 1 aliphatic rings. The minimum Gasteiger partial charge on any atom is -0.384 e. The van der Waals surface area contributed by atoms with Crippen LogP contribution in [0.3, 0.4) is 0 Å². The number of carbonyl (C=O) groups excluding carboxylic acids is 1. The average molecular weight is 528 g/mol. The first kappa shape index (κ1) is 28.8. The van der Waals surface area contributed by atoms with Crippen molar-refractivity contribution in [1.29, 1.82) is 5.41 Å². The molecule has 202 valence electrons. The summed E-state index contributed by atoms with van der Waals surface area (Å²) in [4.78, 5) is 15.8. The quantitative estimate of drug-likeness (QED) is 0.178. The Morgan fingerprint density at radius 3 is 2.38 bits per heavy atom. The lowest BCUT2D eigenvalue weighted by atomic mass is 9.92. The summed E-state index contributed by atoms with van der Waals surface area (Å²) in [6, 6.07) is 14.2. The van der Waals surface area contributed by atoms with Crippen molar-refractivity contribution in [2.24, 2.45) is 29.0 Å². The molecule has 8 nitrogen and oxygen atoms in total. The van der Waals surface area contributed by atoms with Crippen molar-refractivity contribution in [3.8, 4) is 0 Å². The number of benzene rings is 2. The molecule has 0 aliphatic carbocycles. The average Bonchev–Trinajstić information content (AvgIpc) is 2.89. The van der Waals surface area contributed by atoms with E-state index in [-0.39, 0.29) is 28.8 Å². The van der Waals surface area contributed by atoms with Crippen LogP contribution in [0.2, 0.25) is 0 Å². The van der Waals surface area contributed by atoms with Gasteiger partial charge in [-0.15, -0.1) is 0 Å². The predicted octanol–water partition coefficient (Wildman–Crippen LogP) is 2.47. The summed E-state index contributed by atoms with van der Waals surface area (Å²) < 4.78 is 27.1. The molecule has 0 radical (unpaired) electrons. The fourth-order valence-corrected chi connectivity index (χ4v) is 6.63. The van der Waals surface area contributed by atoms with Crippen LogP contribution >= 0.6 is 0 Å². The fourth-order valence-electron chi connectivity index (χ4n) is 5.03. The molecule has 0 bridgehead atoms. The van der Waals surface area contributed by atoms with Gasteiger partial charge in [-0.25, -0.2) is 8.42 Å². The maximum absolute atomic E-state index is 13.7. The molecule has 2 aromatic rings. The second-order valence-corrected chi connectivity index (χ2v) is 12.1. The number of nitrogens with zero attached hydrogens (tertiary/aromatic N) is 1. The SMILES string of the molecule is N=C(N)c1cccc(C[C@H](CS(=O)(=O)c2cccc(CCCCN)c2)C(=O)N2CCC(CCN)CC2)c1. The Balaban J connectivity index is 1.83. The van der Waals surface area contributed by atoms with E-state index >= 15 is 0 Å². The summed E-state index contributed by atoms with van der Waals surface area (Å²) in [6.45, 7) is 2.47. The number of nitrogens with two attached hydrogens (primary N) is 3. The number of carbonyl (C=O) groups is 1. The minimum absolute atomic E-state index is 0.0641. The van der Waals surface area contributed by atoms with Crippen LogP contribution in [0, 0.1) is 17.2 Å². The van der Waals surface area contributed by atoms with Gasteiger partial charge in [0.05, 0.1) is 16.6 Å². The Morgan fingerprint density at radius 2 is 1.70 bits per heavy atom. The van der Waals surface area contributed by atoms with Gasteiger partial charge in [-0.2, -0.15) is 0 Å². The van der Waals surface area contributed by atoms with E-state index in [9.17, 15) is 13.2 Å². The van der Waals surface area contributed by atoms with Gasteiger partial charge in [0, 0.05) is 18.7 Å². The number of aryl methyl sites for hydroxylation is 1. The van der Waals surface area contributed by atoms with Crippen LogP contribution in [0.15, 0.2) is 53.4 Å². The van der Waals surface area contributed by atoms with Gasteiger partial charge in [0.25, 0.3) is 0 Å². The number of sulfone groups is 1. The molecule has 9 heteroatoms. The number of hydrogen-bond acceptors (Lipinski definition) is 6. The summed E-state index contributed by atoms with van der Waals surface area (Å²) in [7, 11) is -3.72. The first-order valence-corrected chi connectivity index (χ1v) is 14.8. The van der Waals surface area contributed by atoms with Crippen molar-refractivity contribution in [2.45, 2.75) is 49.8 Å². The monoisotopic (exact) mass is 527 g/mol. The van der Waals surface area contributed by atoms with Gasteiger partial charge in [-0.3, -0.25) is 10.2 Å². The smallest absolute Gasteiger partial charge is 0.227 e. The van der Waals surface area contributed by atoms with E-state index < -0.39 is 15.8 Å². The van der Waals surface area contributed by atoms with Gasteiger partial charge >= 0.3 is 0 Å². The van der Waals surface area contributed by atoms with E-state index in [0.29, 0.717) is 37.7 Å². The Hall–Kier alpha value is -2.75. The van der Waals surface area contributed by atoms with Gasteiger partial charge in [0.2, 0.25) is 5.91 Å². The van der Waals surface area contributed by atoms with E-state index in [1.807, 2.05) is 17.0 Å². The van der Waals surface area contributed by atoms with Crippen LogP contribution in [0.25, 0.3) is 0 Å². The number of amides is 1. The molecular formula is C28H41N5O3S. The maximum atomic E-state index is 13.7. The van der Waals surface area contributed by atoms with Gasteiger partial charge in [-0.1, -0.05) is 30.3 Å². The van der Waals surface area contributed by atoms with Crippen LogP contribution in [0.4, 0.5) is 0 Å². The van der Waals surface area contributed by atoms with Crippen molar-refractivity contribution >= 4 is 21.6 Å². The van der Waals surface area contributed by atoms with E-state index in [2.05, 4.69) is 0 Å². The highest BCUT2D eigenvalue weighted by molar-refractivity contribution is 7.91. The van der Waals surface area contributed by atoms with E-state index in [0.717, 1.165) is 49.7 Å². The Bertz CT molecular complexity index is 1160. The van der Waals surface area contributed by atoms with Gasteiger partial charge in [0.15, 0.2) is 9.84 Å². The largest absolute Gasteiger partial charge is 0.384 e. The number of amidine groups is 1. The third-order valence-corrected chi connectivity index (χ3v) is 8.98. The van der Waals surface area contributed by atoms with Gasteiger partial charge in [0.1, 0.15) is 5.84 Å². The number of nitrogen functional groups attached to an aromatic ring is 1. The number of hydrogen-bond donors (Lipinski definition) is 4. The van der Waals surface area contributed by atoms with Crippen molar-refractivity contribution in [3.63, 3.8) is 0 Å². The predicted molar refractivity (Wildman–Crippen MR) is 148 cm³/mol. The van der Waals surface area contributed by atoms with Crippen molar-refractivity contribution in [2.75, 3.05) is 31.9 Å². The van der Waals surface area contributed by atoms with Crippen molar-refractivity contribution < 1.29 is 13.2 Å². The number of piperidine rings is 1. The van der Waals surface area contributed by atoms with Crippen LogP contribution in [-0.2, 0) is 27.5 Å². The third kappa shape index (κ3) is 8.38. The van der Waals surface area contributed by atoms with Crippen molar-refractivity contribution in [3.05, 3.63) is 65.2 Å². The molecule has 2 aromatic carbocycles. The second-order valence-electron chi connectivity index (χ2n) is 10.0. The number of nitrogens with one attached hydrogen (secondary N) is 1. The highest BCUT2D eigenvalue weighted by Crippen LogP contribution is 2.25. The molecule has 3 rings (SSSR count). The molecule has 7 N–H and O–H groups in total. The number of unbranched alkanes of at least 4 members (excludes halogenated alkanes) is 1. The molecule has 37 heavy (non-hydrogen) atoms. The zero-order valence-corrected chi connectivity index (χ0v) is 22.4. The van der Waals surface area contributed by atoms with E-state index in [1.165, 1.54) is 0 Å². The van der Waals surface area contributed by atoms with Gasteiger partial charge in [-0.05, 0) is 93.3 Å². The van der Waals surface area contributed by atoms with Crippen LogP contribution in [-0.4, -0.2) is 57.0 Å². The minimum atomic E-state index is -3.72. The van der Waals surface area contributed by atoms with Crippen LogP contribution < -0.4 is 17.2 Å². The summed E-state index contributed by atoms with van der Waals surface area (Å²) in [5.74, 6) is -0.706. The number of likely N-dealkylation sites (tertiary alicyclic amines) is 1. The zero-order valence-electron chi connectivity index (χ0n) is 21.6. The summed E-state index contributed by atoms with van der Waals surface area (Å²) in [5.41, 5.74) is 19.3. The lowest BCUT2D eigenvalue weighted by Gasteiger charge is -2.34. The first-order valence-electron chi connectivity index (χ1n) is 13.2. The lowest BCUT2D eigenvalue weighted by Crippen LogP contribution is -2.44. The molecule has 0 unspecified atom stereocenters. The zero-order chi connectivity index (χ0) is 26.8. The Morgan fingerprint density at radius 1 is 1.00 bits per heavy atom.